The van der Waals surface area contributed by atoms with E-state index in [0.717, 1.165) is 42.5 Å². The van der Waals surface area contributed by atoms with E-state index in [2.05, 4.69) is 34.0 Å². The van der Waals surface area contributed by atoms with Crippen LogP contribution >= 0.6 is 23.4 Å². The van der Waals surface area contributed by atoms with Gasteiger partial charge in [0.15, 0.2) is 5.16 Å². The summed E-state index contributed by atoms with van der Waals surface area (Å²) in [5.41, 5.74) is 1.64. The topological polar surface area (TPSA) is 70.2 Å². The third-order valence-corrected chi connectivity index (χ3v) is 5.46. The van der Waals surface area contributed by atoms with E-state index in [1.54, 1.807) is 6.07 Å². The van der Waals surface area contributed by atoms with Crippen molar-refractivity contribution in [2.45, 2.75) is 24.5 Å². The number of morpholine rings is 1. The number of imidazole rings is 1. The fourth-order valence-corrected chi connectivity index (χ4v) is 3.69. The Hall–Kier alpha value is -1.28. The average molecular weight is 383 g/mol. The van der Waals surface area contributed by atoms with Gasteiger partial charge in [-0.2, -0.15) is 0 Å². The van der Waals surface area contributed by atoms with Crippen LogP contribution in [0.1, 0.15) is 13.8 Å². The smallest absolute Gasteiger partial charge is 0.230 e. The third kappa shape index (κ3) is 4.88. The van der Waals surface area contributed by atoms with Crippen LogP contribution in [0.15, 0.2) is 23.4 Å². The highest BCUT2D eigenvalue weighted by Gasteiger charge is 2.28. The Bertz CT molecular complexity index is 743. The van der Waals surface area contributed by atoms with Gasteiger partial charge in [0.2, 0.25) is 5.91 Å². The molecule has 6 nitrogen and oxygen atoms in total. The average Bonchev–Trinajstić information content (AvgIpc) is 3.01. The SMILES string of the molecule is CC(C)(CNC(=O)CSc1nc2ccc(Cl)cc2[nH]1)N1CCOCC1. The Morgan fingerprint density at radius 3 is 2.96 bits per heavy atom. The fourth-order valence-electron chi connectivity index (χ4n) is 2.81. The van der Waals surface area contributed by atoms with E-state index in [1.165, 1.54) is 11.8 Å². The molecule has 0 saturated carbocycles. The lowest BCUT2D eigenvalue weighted by molar-refractivity contribution is -0.119. The van der Waals surface area contributed by atoms with Crippen molar-refractivity contribution in [3.05, 3.63) is 23.2 Å². The molecule has 1 aliphatic heterocycles. The minimum Gasteiger partial charge on any atom is -0.379 e. The molecule has 1 aliphatic rings. The van der Waals surface area contributed by atoms with Gasteiger partial charge in [0.1, 0.15) is 0 Å². The summed E-state index contributed by atoms with van der Waals surface area (Å²) in [6.45, 7) is 8.22. The summed E-state index contributed by atoms with van der Waals surface area (Å²) in [5, 5.41) is 4.41. The van der Waals surface area contributed by atoms with Crippen molar-refractivity contribution in [2.75, 3.05) is 38.6 Å². The molecule has 1 aromatic heterocycles. The van der Waals surface area contributed by atoms with Crippen molar-refractivity contribution < 1.29 is 9.53 Å². The normalized spacial score (nSPS) is 16.3. The van der Waals surface area contributed by atoms with Crippen LogP contribution in [0.5, 0.6) is 0 Å². The summed E-state index contributed by atoms with van der Waals surface area (Å²) in [7, 11) is 0. The van der Waals surface area contributed by atoms with Crippen molar-refractivity contribution in [3.63, 3.8) is 0 Å². The first-order valence-corrected chi connectivity index (χ1v) is 9.68. The number of carbonyl (C=O) groups is 1. The van der Waals surface area contributed by atoms with Crippen molar-refractivity contribution in [1.82, 2.24) is 20.2 Å². The molecule has 0 aliphatic carbocycles. The molecule has 1 saturated heterocycles. The number of rotatable bonds is 6. The Morgan fingerprint density at radius 1 is 1.44 bits per heavy atom. The molecule has 2 aromatic rings. The first-order chi connectivity index (χ1) is 11.9. The van der Waals surface area contributed by atoms with Crippen molar-refractivity contribution in [1.29, 1.82) is 0 Å². The zero-order chi connectivity index (χ0) is 17.9. The van der Waals surface area contributed by atoms with Crippen LogP contribution in [0.3, 0.4) is 0 Å². The number of ether oxygens (including phenoxy) is 1. The van der Waals surface area contributed by atoms with E-state index in [4.69, 9.17) is 16.3 Å². The highest BCUT2D eigenvalue weighted by Crippen LogP contribution is 2.22. The molecule has 0 spiro atoms. The van der Waals surface area contributed by atoms with Crippen molar-refractivity contribution in [2.24, 2.45) is 0 Å². The van der Waals surface area contributed by atoms with Crippen LogP contribution in [0.25, 0.3) is 11.0 Å². The molecule has 0 bridgehead atoms. The second-order valence-electron chi connectivity index (χ2n) is 6.68. The minimum absolute atomic E-state index is 0.00447. The van der Waals surface area contributed by atoms with Crippen molar-refractivity contribution >= 4 is 40.3 Å². The number of carbonyl (C=O) groups excluding carboxylic acids is 1. The van der Waals surface area contributed by atoms with Gasteiger partial charge < -0.3 is 15.0 Å². The van der Waals surface area contributed by atoms with Gasteiger partial charge in [-0.3, -0.25) is 9.69 Å². The fraction of sp³-hybridized carbons (Fsp3) is 0.529. The molecule has 0 unspecified atom stereocenters. The number of nitrogens with zero attached hydrogens (tertiary/aromatic N) is 2. The van der Waals surface area contributed by atoms with Gasteiger partial charge >= 0.3 is 0 Å². The van der Waals surface area contributed by atoms with E-state index in [9.17, 15) is 4.79 Å². The van der Waals surface area contributed by atoms with Crippen LogP contribution in [-0.2, 0) is 9.53 Å². The molecule has 0 radical (unpaired) electrons. The number of fused-ring (bicyclic) bond motifs is 1. The summed E-state index contributed by atoms with van der Waals surface area (Å²) in [6.07, 6.45) is 0. The second kappa shape index (κ2) is 7.95. The van der Waals surface area contributed by atoms with E-state index >= 15 is 0 Å². The van der Waals surface area contributed by atoms with Gasteiger partial charge in [-0.25, -0.2) is 4.98 Å². The van der Waals surface area contributed by atoms with Crippen LogP contribution < -0.4 is 5.32 Å². The maximum absolute atomic E-state index is 12.2. The van der Waals surface area contributed by atoms with Gasteiger partial charge in [0, 0.05) is 30.2 Å². The van der Waals surface area contributed by atoms with Crippen LogP contribution in [0.2, 0.25) is 5.02 Å². The highest BCUT2D eigenvalue weighted by molar-refractivity contribution is 7.99. The number of thioether (sulfide) groups is 1. The molecule has 2 N–H and O–H groups in total. The number of amides is 1. The van der Waals surface area contributed by atoms with Gasteiger partial charge in [-0.05, 0) is 32.0 Å². The van der Waals surface area contributed by atoms with Gasteiger partial charge in [0.25, 0.3) is 0 Å². The molecular weight excluding hydrogens is 360 g/mol. The Labute approximate surface area is 156 Å². The predicted octanol–water partition coefficient (Wildman–Crippen LogP) is 2.54. The molecule has 1 aromatic carbocycles. The Morgan fingerprint density at radius 2 is 2.20 bits per heavy atom. The molecule has 0 atom stereocenters. The molecule has 1 fully saturated rings. The lowest BCUT2D eigenvalue weighted by Crippen LogP contribution is -2.55. The highest BCUT2D eigenvalue weighted by atomic mass is 35.5. The van der Waals surface area contributed by atoms with Crippen LogP contribution in [0.4, 0.5) is 0 Å². The van der Waals surface area contributed by atoms with E-state index in [-0.39, 0.29) is 11.4 Å². The van der Waals surface area contributed by atoms with E-state index in [0.29, 0.717) is 17.3 Å². The standard InChI is InChI=1S/C17H23ClN4O2S/c1-17(2,22-5-7-24-8-6-22)11-19-15(23)10-25-16-20-13-4-3-12(18)9-14(13)21-16/h3-4,9H,5-8,10-11H2,1-2H3,(H,19,23)(H,20,21). The minimum atomic E-state index is -0.0831. The molecule has 1 amide bonds. The lowest BCUT2D eigenvalue weighted by Gasteiger charge is -2.40. The zero-order valence-corrected chi connectivity index (χ0v) is 16.0. The Balaban J connectivity index is 1.48. The maximum atomic E-state index is 12.2. The summed E-state index contributed by atoms with van der Waals surface area (Å²) < 4.78 is 5.39. The zero-order valence-electron chi connectivity index (χ0n) is 14.5. The number of hydrogen-bond acceptors (Lipinski definition) is 5. The van der Waals surface area contributed by atoms with Gasteiger partial charge in [0.05, 0.1) is 30.0 Å². The number of benzene rings is 1. The largest absolute Gasteiger partial charge is 0.379 e. The number of aromatic amines is 1. The molecule has 25 heavy (non-hydrogen) atoms. The first-order valence-electron chi connectivity index (χ1n) is 8.32. The summed E-state index contributed by atoms with van der Waals surface area (Å²) in [4.78, 5) is 22.2. The number of aromatic nitrogens is 2. The molecular formula is C17H23ClN4O2S. The monoisotopic (exact) mass is 382 g/mol. The molecule has 136 valence electrons. The maximum Gasteiger partial charge on any atom is 0.230 e. The first kappa shape index (κ1) is 18.5. The third-order valence-electron chi connectivity index (χ3n) is 4.35. The second-order valence-corrected chi connectivity index (χ2v) is 8.08. The quantitative estimate of drug-likeness (QED) is 0.751. The van der Waals surface area contributed by atoms with Crippen LogP contribution in [0, 0.1) is 0 Å². The summed E-state index contributed by atoms with van der Waals surface area (Å²) in [5.74, 6) is 0.331. The molecule has 8 heteroatoms. The number of hydrogen-bond donors (Lipinski definition) is 2. The molecule has 3 rings (SSSR count). The number of H-pyrrole nitrogens is 1. The predicted molar refractivity (Wildman–Crippen MR) is 101 cm³/mol. The number of nitrogens with one attached hydrogen (secondary N) is 2. The number of halogens is 1. The van der Waals surface area contributed by atoms with Gasteiger partial charge in [-0.15, -0.1) is 0 Å². The molecule has 2 heterocycles. The van der Waals surface area contributed by atoms with Gasteiger partial charge in [-0.1, -0.05) is 23.4 Å². The van der Waals surface area contributed by atoms with E-state index in [1.807, 2.05) is 12.1 Å². The van der Waals surface area contributed by atoms with E-state index < -0.39 is 0 Å². The summed E-state index contributed by atoms with van der Waals surface area (Å²) >= 11 is 7.36. The van der Waals surface area contributed by atoms with Crippen molar-refractivity contribution in [3.8, 4) is 0 Å². The van der Waals surface area contributed by atoms with Crippen LogP contribution in [-0.4, -0.2) is 64.9 Å². The summed E-state index contributed by atoms with van der Waals surface area (Å²) in [6, 6.07) is 5.50. The Kier molecular flexibility index (Phi) is 5.89. The lowest BCUT2D eigenvalue weighted by atomic mass is 10.0.